The molecule has 0 bridgehead atoms. The van der Waals surface area contributed by atoms with Crippen LogP contribution in [0.2, 0.25) is 5.02 Å². The van der Waals surface area contributed by atoms with Crippen molar-refractivity contribution in [2.75, 3.05) is 0 Å². The van der Waals surface area contributed by atoms with Crippen LogP contribution in [0.4, 0.5) is 0 Å². The highest BCUT2D eigenvalue weighted by molar-refractivity contribution is 6.30. The van der Waals surface area contributed by atoms with E-state index in [1.165, 1.54) is 10.7 Å². The maximum atomic E-state index is 10.9. The third kappa shape index (κ3) is 2.82. The smallest absolute Gasteiger partial charge is 0.356 e. The first-order valence-corrected chi connectivity index (χ1v) is 6.82. The van der Waals surface area contributed by atoms with Crippen molar-refractivity contribution in [3.05, 3.63) is 59.0 Å². The van der Waals surface area contributed by atoms with Crippen molar-refractivity contribution >= 4 is 17.6 Å². The molecule has 6 nitrogen and oxygen atoms in total. The van der Waals surface area contributed by atoms with Gasteiger partial charge in [0.15, 0.2) is 17.3 Å². The summed E-state index contributed by atoms with van der Waals surface area (Å²) in [6, 6.07) is 10.3. The molecule has 3 aromatic rings. The van der Waals surface area contributed by atoms with E-state index >= 15 is 0 Å². The Bertz CT molecular complexity index is 843. The third-order valence-corrected chi connectivity index (χ3v) is 3.24. The quantitative estimate of drug-likeness (QED) is 0.803. The Morgan fingerprint density at radius 2 is 1.91 bits per heavy atom. The molecule has 0 aliphatic carbocycles. The minimum atomic E-state index is -1.08. The SMILES string of the molecule is Cc1cc(-n2ccc(C(=O)O)n2)nc(-c2ccc(Cl)cc2)n1. The summed E-state index contributed by atoms with van der Waals surface area (Å²) in [6.07, 6.45) is 1.55. The lowest BCUT2D eigenvalue weighted by molar-refractivity contribution is 0.0690. The largest absolute Gasteiger partial charge is 0.476 e. The van der Waals surface area contributed by atoms with Crippen molar-refractivity contribution in [3.63, 3.8) is 0 Å². The average molecular weight is 315 g/mol. The van der Waals surface area contributed by atoms with Crippen molar-refractivity contribution in [3.8, 4) is 17.2 Å². The molecule has 7 heteroatoms. The molecule has 110 valence electrons. The van der Waals surface area contributed by atoms with Crippen LogP contribution in [0.3, 0.4) is 0 Å². The van der Waals surface area contributed by atoms with Gasteiger partial charge in [0, 0.05) is 28.5 Å². The fourth-order valence-corrected chi connectivity index (χ4v) is 2.09. The first-order chi connectivity index (χ1) is 10.5. The number of carboxylic acids is 1. The minimum Gasteiger partial charge on any atom is -0.476 e. The fourth-order valence-electron chi connectivity index (χ4n) is 1.96. The number of rotatable bonds is 3. The van der Waals surface area contributed by atoms with Gasteiger partial charge in [-0.05, 0) is 37.3 Å². The van der Waals surface area contributed by atoms with E-state index in [1.54, 1.807) is 24.4 Å². The van der Waals surface area contributed by atoms with E-state index in [4.69, 9.17) is 16.7 Å². The van der Waals surface area contributed by atoms with Crippen LogP contribution in [0.5, 0.6) is 0 Å². The molecule has 0 radical (unpaired) electrons. The maximum Gasteiger partial charge on any atom is 0.356 e. The van der Waals surface area contributed by atoms with E-state index in [0.717, 1.165) is 11.3 Å². The van der Waals surface area contributed by atoms with Gasteiger partial charge in [-0.15, -0.1) is 0 Å². The monoisotopic (exact) mass is 314 g/mol. The van der Waals surface area contributed by atoms with Crippen molar-refractivity contribution in [1.82, 2.24) is 19.7 Å². The summed E-state index contributed by atoms with van der Waals surface area (Å²) < 4.78 is 1.41. The van der Waals surface area contributed by atoms with E-state index in [2.05, 4.69) is 15.1 Å². The highest BCUT2D eigenvalue weighted by Crippen LogP contribution is 2.20. The number of nitrogens with zero attached hydrogens (tertiary/aromatic N) is 4. The van der Waals surface area contributed by atoms with Crippen LogP contribution in [0, 0.1) is 6.92 Å². The Balaban J connectivity index is 2.05. The van der Waals surface area contributed by atoms with Crippen LogP contribution in [-0.4, -0.2) is 30.8 Å². The molecule has 0 aliphatic rings. The predicted octanol–water partition coefficient (Wildman–Crippen LogP) is 2.99. The summed E-state index contributed by atoms with van der Waals surface area (Å²) in [7, 11) is 0. The molecule has 0 amide bonds. The molecule has 0 spiro atoms. The lowest BCUT2D eigenvalue weighted by Gasteiger charge is -2.06. The van der Waals surface area contributed by atoms with Crippen LogP contribution < -0.4 is 0 Å². The number of aromatic nitrogens is 4. The Labute approximate surface area is 131 Å². The summed E-state index contributed by atoms with van der Waals surface area (Å²) in [5, 5.41) is 13.5. The first-order valence-electron chi connectivity index (χ1n) is 6.44. The van der Waals surface area contributed by atoms with E-state index in [0.29, 0.717) is 16.7 Å². The lowest BCUT2D eigenvalue weighted by Crippen LogP contribution is -2.05. The molecule has 0 aliphatic heterocycles. The molecule has 0 atom stereocenters. The van der Waals surface area contributed by atoms with Crippen LogP contribution in [0.15, 0.2) is 42.6 Å². The van der Waals surface area contributed by atoms with Gasteiger partial charge in [-0.25, -0.2) is 19.4 Å². The molecule has 2 heterocycles. The Morgan fingerprint density at radius 3 is 2.55 bits per heavy atom. The highest BCUT2D eigenvalue weighted by atomic mass is 35.5. The van der Waals surface area contributed by atoms with Gasteiger partial charge in [-0.2, -0.15) is 5.10 Å². The second-order valence-electron chi connectivity index (χ2n) is 4.65. The molecule has 0 unspecified atom stereocenters. The Morgan fingerprint density at radius 1 is 1.18 bits per heavy atom. The van der Waals surface area contributed by atoms with Gasteiger partial charge in [0.2, 0.25) is 0 Å². The fraction of sp³-hybridized carbons (Fsp3) is 0.0667. The van der Waals surface area contributed by atoms with Crippen molar-refractivity contribution < 1.29 is 9.90 Å². The number of carboxylic acid groups (broad SMARTS) is 1. The molecule has 2 aromatic heterocycles. The second-order valence-corrected chi connectivity index (χ2v) is 5.09. The van der Waals surface area contributed by atoms with Crippen LogP contribution in [0.1, 0.15) is 16.2 Å². The van der Waals surface area contributed by atoms with Gasteiger partial charge >= 0.3 is 5.97 Å². The van der Waals surface area contributed by atoms with Crippen LogP contribution in [0.25, 0.3) is 17.2 Å². The van der Waals surface area contributed by atoms with Gasteiger partial charge in [-0.3, -0.25) is 0 Å². The molecule has 22 heavy (non-hydrogen) atoms. The first kappa shape index (κ1) is 14.2. The number of aryl methyl sites for hydroxylation is 1. The predicted molar refractivity (Wildman–Crippen MR) is 81.3 cm³/mol. The van der Waals surface area contributed by atoms with Crippen LogP contribution in [-0.2, 0) is 0 Å². The average Bonchev–Trinajstić information content (AvgIpc) is 2.97. The molecular weight excluding hydrogens is 304 g/mol. The Kier molecular flexibility index (Phi) is 3.60. The summed E-state index contributed by atoms with van der Waals surface area (Å²) in [5.74, 6) is -0.0496. The molecule has 3 rings (SSSR count). The number of halogens is 1. The zero-order valence-electron chi connectivity index (χ0n) is 11.6. The topological polar surface area (TPSA) is 80.9 Å². The summed E-state index contributed by atoms with van der Waals surface area (Å²) >= 11 is 5.88. The van der Waals surface area contributed by atoms with Gasteiger partial charge in [0.25, 0.3) is 0 Å². The van der Waals surface area contributed by atoms with Gasteiger partial charge < -0.3 is 5.11 Å². The van der Waals surface area contributed by atoms with E-state index in [1.807, 2.05) is 19.1 Å². The standard InChI is InChI=1S/C15H11ClN4O2/c1-9-8-13(20-7-6-12(19-20)15(21)22)18-14(17-9)10-2-4-11(16)5-3-10/h2-8H,1H3,(H,21,22). The highest BCUT2D eigenvalue weighted by Gasteiger charge is 2.11. The second kappa shape index (κ2) is 5.57. The number of hydrogen-bond donors (Lipinski definition) is 1. The zero-order valence-corrected chi connectivity index (χ0v) is 12.3. The summed E-state index contributed by atoms with van der Waals surface area (Å²) in [5.41, 5.74) is 1.53. The maximum absolute atomic E-state index is 10.9. The number of hydrogen-bond acceptors (Lipinski definition) is 4. The van der Waals surface area contributed by atoms with E-state index < -0.39 is 5.97 Å². The lowest BCUT2D eigenvalue weighted by atomic mass is 10.2. The molecule has 0 saturated heterocycles. The van der Waals surface area contributed by atoms with Crippen molar-refractivity contribution in [2.24, 2.45) is 0 Å². The molecule has 1 N–H and O–H groups in total. The van der Waals surface area contributed by atoms with Gasteiger partial charge in [-0.1, -0.05) is 11.6 Å². The molecule has 0 saturated carbocycles. The van der Waals surface area contributed by atoms with E-state index in [-0.39, 0.29) is 5.69 Å². The van der Waals surface area contributed by atoms with Crippen molar-refractivity contribution in [2.45, 2.75) is 6.92 Å². The Hall–Kier alpha value is -2.73. The number of carbonyl (C=O) groups is 1. The van der Waals surface area contributed by atoms with Crippen LogP contribution >= 0.6 is 11.6 Å². The summed E-state index contributed by atoms with van der Waals surface area (Å²) in [6.45, 7) is 1.84. The summed E-state index contributed by atoms with van der Waals surface area (Å²) in [4.78, 5) is 19.7. The normalized spacial score (nSPS) is 10.6. The van der Waals surface area contributed by atoms with Gasteiger partial charge in [0.1, 0.15) is 0 Å². The number of aromatic carboxylic acids is 1. The minimum absolute atomic E-state index is 0.0377. The van der Waals surface area contributed by atoms with Gasteiger partial charge in [0.05, 0.1) is 0 Å². The molecule has 0 fully saturated rings. The third-order valence-electron chi connectivity index (χ3n) is 2.99. The number of benzene rings is 1. The molecular formula is C15H11ClN4O2. The zero-order chi connectivity index (χ0) is 15.7. The van der Waals surface area contributed by atoms with Crippen molar-refractivity contribution in [1.29, 1.82) is 0 Å². The van der Waals surface area contributed by atoms with E-state index in [9.17, 15) is 4.79 Å². The molecule has 1 aromatic carbocycles.